The van der Waals surface area contributed by atoms with Crippen LogP contribution < -0.4 is 5.73 Å². The summed E-state index contributed by atoms with van der Waals surface area (Å²) in [5, 5.41) is 0. The molecule has 0 spiro atoms. The van der Waals surface area contributed by atoms with Crippen molar-refractivity contribution >= 4 is 0 Å². The van der Waals surface area contributed by atoms with Gasteiger partial charge in [0.1, 0.15) is 0 Å². The van der Waals surface area contributed by atoms with Crippen LogP contribution in [0.1, 0.15) is 33.3 Å². The Morgan fingerprint density at radius 1 is 1.07 bits per heavy atom. The molecule has 1 aromatic carbocycles. The standard InChI is InChI=1S/C10H14O.C2H6.CH5N/c1-9(2)11-8-10-6-4-3-5-7-10;2*1-2/h3-7,9H,8H2,1-2H3;1-2H3;2H2,1H3. The largest absolute Gasteiger partial charge is 0.374 e. The van der Waals surface area contributed by atoms with Gasteiger partial charge >= 0.3 is 0 Å². The van der Waals surface area contributed by atoms with Gasteiger partial charge in [0.2, 0.25) is 0 Å². The fourth-order valence-corrected chi connectivity index (χ4v) is 0.837. The van der Waals surface area contributed by atoms with Crippen LogP contribution in [0.25, 0.3) is 0 Å². The Bertz CT molecular complexity index is 197. The molecule has 0 bridgehead atoms. The summed E-state index contributed by atoms with van der Waals surface area (Å²) in [7, 11) is 1.50. The summed E-state index contributed by atoms with van der Waals surface area (Å²) >= 11 is 0. The third-order valence-corrected chi connectivity index (χ3v) is 1.43. The van der Waals surface area contributed by atoms with E-state index in [9.17, 15) is 0 Å². The minimum absolute atomic E-state index is 0.315. The third kappa shape index (κ3) is 11.1. The Kier molecular flexibility index (Phi) is 14.5. The van der Waals surface area contributed by atoms with E-state index in [0.717, 1.165) is 6.61 Å². The van der Waals surface area contributed by atoms with Crippen LogP contribution in [0.15, 0.2) is 30.3 Å². The highest BCUT2D eigenvalue weighted by molar-refractivity contribution is 5.13. The lowest BCUT2D eigenvalue weighted by Crippen LogP contribution is -2.01. The second kappa shape index (κ2) is 13.1. The highest BCUT2D eigenvalue weighted by Crippen LogP contribution is 2.02. The van der Waals surface area contributed by atoms with E-state index in [1.54, 1.807) is 0 Å². The van der Waals surface area contributed by atoms with Gasteiger partial charge in [-0.05, 0) is 26.5 Å². The molecule has 0 aromatic heterocycles. The molecule has 0 aliphatic carbocycles. The maximum absolute atomic E-state index is 5.43. The Labute approximate surface area is 94.5 Å². The summed E-state index contributed by atoms with van der Waals surface area (Å²) in [6.07, 6.45) is 0.315. The number of hydrogen-bond acceptors (Lipinski definition) is 2. The molecule has 0 atom stereocenters. The average molecular weight is 211 g/mol. The van der Waals surface area contributed by atoms with Crippen molar-refractivity contribution in [2.24, 2.45) is 5.73 Å². The summed E-state index contributed by atoms with van der Waals surface area (Å²) in [5.41, 5.74) is 5.74. The maximum atomic E-state index is 5.43. The van der Waals surface area contributed by atoms with Crippen molar-refractivity contribution < 1.29 is 4.74 Å². The molecule has 0 fully saturated rings. The van der Waals surface area contributed by atoms with Gasteiger partial charge in [-0.25, -0.2) is 0 Å². The van der Waals surface area contributed by atoms with E-state index < -0.39 is 0 Å². The molecule has 15 heavy (non-hydrogen) atoms. The van der Waals surface area contributed by atoms with Crippen LogP contribution in [-0.2, 0) is 11.3 Å². The van der Waals surface area contributed by atoms with Gasteiger partial charge in [0, 0.05) is 0 Å². The lowest BCUT2D eigenvalue weighted by atomic mass is 10.2. The quantitative estimate of drug-likeness (QED) is 0.833. The molecule has 0 saturated carbocycles. The topological polar surface area (TPSA) is 35.2 Å². The van der Waals surface area contributed by atoms with Gasteiger partial charge in [-0.15, -0.1) is 0 Å². The minimum Gasteiger partial charge on any atom is -0.374 e. The second-order valence-electron chi connectivity index (χ2n) is 2.85. The Morgan fingerprint density at radius 2 is 1.53 bits per heavy atom. The number of ether oxygens (including phenoxy) is 1. The van der Waals surface area contributed by atoms with Crippen LogP contribution in [0, 0.1) is 0 Å². The van der Waals surface area contributed by atoms with Crippen LogP contribution in [0.3, 0.4) is 0 Å². The first kappa shape index (κ1) is 16.6. The molecule has 1 rings (SSSR count). The molecule has 0 aliphatic heterocycles. The third-order valence-electron chi connectivity index (χ3n) is 1.43. The van der Waals surface area contributed by atoms with Gasteiger partial charge in [-0.1, -0.05) is 44.2 Å². The number of nitrogens with two attached hydrogens (primary N) is 1. The van der Waals surface area contributed by atoms with Gasteiger partial charge in [0.05, 0.1) is 12.7 Å². The summed E-state index contributed by atoms with van der Waals surface area (Å²) < 4.78 is 5.43. The van der Waals surface area contributed by atoms with Crippen molar-refractivity contribution in [3.8, 4) is 0 Å². The molecule has 0 radical (unpaired) electrons. The SMILES string of the molecule is CC.CC(C)OCc1ccccc1.CN. The van der Waals surface area contributed by atoms with E-state index in [0.29, 0.717) is 6.10 Å². The normalized spacial score (nSPS) is 8.47. The molecule has 2 nitrogen and oxygen atoms in total. The van der Waals surface area contributed by atoms with Crippen LogP contribution in [0.4, 0.5) is 0 Å². The van der Waals surface area contributed by atoms with Crippen molar-refractivity contribution in [3.63, 3.8) is 0 Å². The smallest absolute Gasteiger partial charge is 0.0720 e. The van der Waals surface area contributed by atoms with Crippen LogP contribution in [0.5, 0.6) is 0 Å². The van der Waals surface area contributed by atoms with Gasteiger partial charge in [0.15, 0.2) is 0 Å². The second-order valence-corrected chi connectivity index (χ2v) is 2.85. The van der Waals surface area contributed by atoms with Gasteiger partial charge < -0.3 is 10.5 Å². The average Bonchev–Trinajstić information content (AvgIpc) is 2.33. The predicted octanol–water partition coefficient (Wildman–Crippen LogP) is 3.21. The summed E-state index contributed by atoms with van der Waals surface area (Å²) in [5.74, 6) is 0. The molecule has 88 valence electrons. The zero-order valence-corrected chi connectivity index (χ0v) is 10.7. The first-order chi connectivity index (χ1) is 7.29. The van der Waals surface area contributed by atoms with Crippen LogP contribution in [0.2, 0.25) is 0 Å². The Morgan fingerprint density at radius 3 is 1.93 bits per heavy atom. The lowest BCUT2D eigenvalue weighted by Gasteiger charge is -2.06. The Balaban J connectivity index is 0. The summed E-state index contributed by atoms with van der Waals surface area (Å²) in [6.45, 7) is 8.81. The number of benzene rings is 1. The van der Waals surface area contributed by atoms with Crippen molar-refractivity contribution in [3.05, 3.63) is 35.9 Å². The number of hydrogen-bond donors (Lipinski definition) is 1. The highest BCUT2D eigenvalue weighted by atomic mass is 16.5. The van der Waals surface area contributed by atoms with Crippen molar-refractivity contribution in [2.75, 3.05) is 7.05 Å². The zero-order chi connectivity index (χ0) is 12.1. The van der Waals surface area contributed by atoms with Gasteiger partial charge in [-0.3, -0.25) is 0 Å². The summed E-state index contributed by atoms with van der Waals surface area (Å²) in [6, 6.07) is 10.2. The molecule has 2 N–H and O–H groups in total. The first-order valence-electron chi connectivity index (χ1n) is 5.52. The molecular formula is C13H25NO. The Hall–Kier alpha value is -0.860. The number of rotatable bonds is 3. The van der Waals surface area contributed by atoms with Crippen LogP contribution >= 0.6 is 0 Å². The predicted molar refractivity (Wildman–Crippen MR) is 67.8 cm³/mol. The van der Waals surface area contributed by atoms with E-state index in [2.05, 4.69) is 17.9 Å². The van der Waals surface area contributed by atoms with E-state index in [4.69, 9.17) is 4.74 Å². The van der Waals surface area contributed by atoms with Crippen LogP contribution in [-0.4, -0.2) is 13.2 Å². The van der Waals surface area contributed by atoms with Gasteiger partial charge in [0.25, 0.3) is 0 Å². The van der Waals surface area contributed by atoms with Crippen molar-refractivity contribution in [1.82, 2.24) is 0 Å². The monoisotopic (exact) mass is 211 g/mol. The molecule has 1 aromatic rings. The zero-order valence-electron chi connectivity index (χ0n) is 10.7. The molecule has 2 heteroatoms. The fourth-order valence-electron chi connectivity index (χ4n) is 0.837. The highest BCUT2D eigenvalue weighted by Gasteiger charge is 1.93. The van der Waals surface area contributed by atoms with E-state index in [-0.39, 0.29) is 0 Å². The molecular weight excluding hydrogens is 186 g/mol. The molecule has 0 saturated heterocycles. The molecule has 0 amide bonds. The van der Waals surface area contributed by atoms with Crippen molar-refractivity contribution in [2.45, 2.75) is 40.4 Å². The first-order valence-corrected chi connectivity index (χ1v) is 5.52. The van der Waals surface area contributed by atoms with Crippen molar-refractivity contribution in [1.29, 1.82) is 0 Å². The molecule has 0 heterocycles. The fraction of sp³-hybridized carbons (Fsp3) is 0.538. The minimum atomic E-state index is 0.315. The van der Waals surface area contributed by atoms with E-state index in [1.807, 2.05) is 45.9 Å². The lowest BCUT2D eigenvalue weighted by molar-refractivity contribution is 0.0657. The van der Waals surface area contributed by atoms with E-state index >= 15 is 0 Å². The maximum Gasteiger partial charge on any atom is 0.0720 e. The molecule has 0 unspecified atom stereocenters. The van der Waals surface area contributed by atoms with Gasteiger partial charge in [-0.2, -0.15) is 0 Å². The summed E-state index contributed by atoms with van der Waals surface area (Å²) in [4.78, 5) is 0. The van der Waals surface area contributed by atoms with E-state index in [1.165, 1.54) is 12.6 Å². The molecule has 0 aliphatic rings.